The molecule has 0 radical (unpaired) electrons. The number of hydrogen-bond donors (Lipinski definition) is 1. The van der Waals surface area contributed by atoms with Crippen molar-refractivity contribution in [3.63, 3.8) is 0 Å². The summed E-state index contributed by atoms with van der Waals surface area (Å²) in [5, 5.41) is 9.10. The Morgan fingerprint density at radius 1 is 1.08 bits per heavy atom. The van der Waals surface area contributed by atoms with Gasteiger partial charge in [0.25, 0.3) is 0 Å². The van der Waals surface area contributed by atoms with E-state index in [1.165, 1.54) is 0 Å². The Balaban J connectivity index is 1.81. The van der Waals surface area contributed by atoms with Crippen LogP contribution in [0, 0.1) is 13.8 Å². The molecular formula is C18H26N6O. The molecule has 0 saturated carbocycles. The Morgan fingerprint density at radius 2 is 1.72 bits per heavy atom. The molecule has 3 heterocycles. The molecule has 1 N–H and O–H groups in total. The number of nitrogens with zero attached hydrogens (tertiary/aromatic N) is 6. The van der Waals surface area contributed by atoms with Gasteiger partial charge in [-0.3, -0.25) is 0 Å². The number of hydrogen-bond acceptors (Lipinski definition) is 7. The van der Waals surface area contributed by atoms with Gasteiger partial charge < -0.3 is 14.9 Å². The van der Waals surface area contributed by atoms with Crippen LogP contribution in [0.5, 0.6) is 0 Å². The third-order valence-corrected chi connectivity index (χ3v) is 4.47. The summed E-state index contributed by atoms with van der Waals surface area (Å²) < 4.78 is 0. The number of piperazine rings is 1. The van der Waals surface area contributed by atoms with Gasteiger partial charge in [-0.2, -0.15) is 0 Å². The van der Waals surface area contributed by atoms with Crippen molar-refractivity contribution < 1.29 is 5.11 Å². The van der Waals surface area contributed by atoms with E-state index >= 15 is 0 Å². The van der Waals surface area contributed by atoms with Crippen molar-refractivity contribution in [2.45, 2.75) is 46.2 Å². The Kier molecular flexibility index (Phi) is 5.13. The SMILES string of the molecule is Cc1cc(C)nc(N2[C@H](C)CN(c3ccnc(CCO)n3)C[C@@H]2C)n1. The molecule has 0 amide bonds. The monoisotopic (exact) mass is 342 g/mol. The lowest BCUT2D eigenvalue weighted by atomic mass is 10.1. The van der Waals surface area contributed by atoms with Crippen molar-refractivity contribution in [1.29, 1.82) is 0 Å². The third-order valence-electron chi connectivity index (χ3n) is 4.47. The van der Waals surface area contributed by atoms with E-state index in [9.17, 15) is 0 Å². The Labute approximate surface area is 148 Å². The Hall–Kier alpha value is -2.28. The highest BCUT2D eigenvalue weighted by Gasteiger charge is 2.32. The highest BCUT2D eigenvalue weighted by atomic mass is 16.3. The van der Waals surface area contributed by atoms with E-state index < -0.39 is 0 Å². The minimum absolute atomic E-state index is 0.0636. The number of aryl methyl sites for hydroxylation is 2. The van der Waals surface area contributed by atoms with Crippen LogP contribution in [0.2, 0.25) is 0 Å². The van der Waals surface area contributed by atoms with Crippen molar-refractivity contribution >= 4 is 11.8 Å². The second-order valence-corrected chi connectivity index (χ2v) is 6.77. The standard InChI is InChI=1S/C18H26N6O/c1-12-9-13(2)21-18(20-12)24-14(3)10-23(11-15(24)4)17-5-7-19-16(22-17)6-8-25/h5,7,9,14-15,25H,6,8,10-11H2,1-4H3/t14-,15+. The van der Waals surface area contributed by atoms with Gasteiger partial charge in [0.1, 0.15) is 11.6 Å². The van der Waals surface area contributed by atoms with Crippen LogP contribution < -0.4 is 9.80 Å². The van der Waals surface area contributed by atoms with E-state index in [0.29, 0.717) is 12.2 Å². The van der Waals surface area contributed by atoms with Crippen LogP contribution in [0.3, 0.4) is 0 Å². The van der Waals surface area contributed by atoms with Gasteiger partial charge in [0, 0.05) is 49.2 Å². The fourth-order valence-electron chi connectivity index (χ4n) is 3.51. The quantitative estimate of drug-likeness (QED) is 0.902. The highest BCUT2D eigenvalue weighted by molar-refractivity contribution is 5.45. The fraction of sp³-hybridized carbons (Fsp3) is 0.556. The van der Waals surface area contributed by atoms with Gasteiger partial charge in [-0.25, -0.2) is 19.9 Å². The molecule has 3 rings (SSSR count). The average molecular weight is 342 g/mol. The molecular weight excluding hydrogens is 316 g/mol. The van der Waals surface area contributed by atoms with Crippen LogP contribution in [-0.4, -0.2) is 56.8 Å². The molecule has 25 heavy (non-hydrogen) atoms. The molecule has 2 atom stereocenters. The summed E-state index contributed by atoms with van der Waals surface area (Å²) in [5.41, 5.74) is 1.99. The molecule has 1 aliphatic heterocycles. The van der Waals surface area contributed by atoms with Crippen LogP contribution in [0.1, 0.15) is 31.1 Å². The van der Waals surface area contributed by atoms with Crippen molar-refractivity contribution in [3.8, 4) is 0 Å². The van der Waals surface area contributed by atoms with Gasteiger partial charge >= 0.3 is 0 Å². The van der Waals surface area contributed by atoms with Crippen molar-refractivity contribution in [2.75, 3.05) is 29.5 Å². The lowest BCUT2D eigenvalue weighted by Crippen LogP contribution is -2.58. The van der Waals surface area contributed by atoms with Crippen LogP contribution >= 0.6 is 0 Å². The molecule has 0 spiro atoms. The lowest BCUT2D eigenvalue weighted by Gasteiger charge is -2.45. The molecule has 0 bridgehead atoms. The summed E-state index contributed by atoms with van der Waals surface area (Å²) in [4.78, 5) is 22.6. The summed E-state index contributed by atoms with van der Waals surface area (Å²) in [6.45, 7) is 10.2. The molecule has 7 nitrogen and oxygen atoms in total. The van der Waals surface area contributed by atoms with Gasteiger partial charge in [0.05, 0.1) is 6.61 Å². The van der Waals surface area contributed by atoms with Crippen LogP contribution in [0.15, 0.2) is 18.3 Å². The zero-order chi connectivity index (χ0) is 18.0. The molecule has 0 aliphatic carbocycles. The molecule has 1 fully saturated rings. The van der Waals surface area contributed by atoms with Crippen LogP contribution in [-0.2, 0) is 6.42 Å². The van der Waals surface area contributed by atoms with E-state index in [1.807, 2.05) is 26.0 Å². The number of anilines is 2. The molecule has 134 valence electrons. The minimum atomic E-state index is 0.0636. The average Bonchev–Trinajstić information content (AvgIpc) is 2.54. The number of rotatable bonds is 4. The van der Waals surface area contributed by atoms with Gasteiger partial charge in [-0.05, 0) is 39.8 Å². The Bertz CT molecular complexity index is 705. The van der Waals surface area contributed by atoms with Crippen molar-refractivity contribution in [2.24, 2.45) is 0 Å². The van der Waals surface area contributed by atoms with Crippen molar-refractivity contribution in [1.82, 2.24) is 19.9 Å². The molecule has 1 saturated heterocycles. The number of aromatic nitrogens is 4. The van der Waals surface area contributed by atoms with E-state index in [4.69, 9.17) is 5.11 Å². The first kappa shape index (κ1) is 17.5. The first-order valence-electron chi connectivity index (χ1n) is 8.76. The summed E-state index contributed by atoms with van der Waals surface area (Å²) in [6.07, 6.45) is 2.25. The molecule has 7 heteroatoms. The van der Waals surface area contributed by atoms with Gasteiger partial charge in [0.2, 0.25) is 5.95 Å². The maximum atomic E-state index is 9.10. The van der Waals surface area contributed by atoms with E-state index in [0.717, 1.165) is 36.2 Å². The van der Waals surface area contributed by atoms with Gasteiger partial charge in [0.15, 0.2) is 0 Å². The van der Waals surface area contributed by atoms with E-state index in [-0.39, 0.29) is 18.7 Å². The maximum absolute atomic E-state index is 9.10. The number of aliphatic hydroxyl groups is 1. The topological polar surface area (TPSA) is 78.3 Å². The fourth-order valence-corrected chi connectivity index (χ4v) is 3.51. The largest absolute Gasteiger partial charge is 0.396 e. The number of aliphatic hydroxyl groups excluding tert-OH is 1. The third kappa shape index (κ3) is 3.87. The van der Waals surface area contributed by atoms with E-state index in [1.54, 1.807) is 6.20 Å². The van der Waals surface area contributed by atoms with Gasteiger partial charge in [-0.15, -0.1) is 0 Å². The second kappa shape index (κ2) is 7.31. The summed E-state index contributed by atoms with van der Waals surface area (Å²) in [5.74, 6) is 2.40. The second-order valence-electron chi connectivity index (χ2n) is 6.77. The summed E-state index contributed by atoms with van der Waals surface area (Å²) in [6, 6.07) is 4.46. The molecule has 2 aromatic heterocycles. The Morgan fingerprint density at radius 3 is 2.32 bits per heavy atom. The molecule has 2 aromatic rings. The first-order valence-corrected chi connectivity index (χ1v) is 8.76. The zero-order valence-electron chi connectivity index (χ0n) is 15.3. The first-order chi connectivity index (χ1) is 12.0. The van der Waals surface area contributed by atoms with Gasteiger partial charge in [-0.1, -0.05) is 0 Å². The smallest absolute Gasteiger partial charge is 0.226 e. The van der Waals surface area contributed by atoms with E-state index in [2.05, 4.69) is 43.6 Å². The van der Waals surface area contributed by atoms with Crippen LogP contribution in [0.25, 0.3) is 0 Å². The lowest BCUT2D eigenvalue weighted by molar-refractivity contribution is 0.296. The van der Waals surface area contributed by atoms with Crippen molar-refractivity contribution in [3.05, 3.63) is 35.5 Å². The molecule has 1 aliphatic rings. The zero-order valence-corrected chi connectivity index (χ0v) is 15.3. The minimum Gasteiger partial charge on any atom is -0.396 e. The maximum Gasteiger partial charge on any atom is 0.226 e. The highest BCUT2D eigenvalue weighted by Crippen LogP contribution is 2.24. The predicted molar refractivity (Wildman–Crippen MR) is 97.9 cm³/mol. The van der Waals surface area contributed by atoms with Crippen LogP contribution in [0.4, 0.5) is 11.8 Å². The summed E-state index contributed by atoms with van der Waals surface area (Å²) in [7, 11) is 0. The molecule has 0 unspecified atom stereocenters. The molecule has 0 aromatic carbocycles. The predicted octanol–water partition coefficient (Wildman–Crippen LogP) is 1.52. The summed E-state index contributed by atoms with van der Waals surface area (Å²) >= 11 is 0. The normalized spacial score (nSPS) is 20.8.